The number of hydrogen-bond acceptors (Lipinski definition) is 8. The number of hydrogen-bond donors (Lipinski definition) is 2. The number of carbonyl (C=O) groups is 3. The highest BCUT2D eigenvalue weighted by Gasteiger charge is 2.30. The van der Waals surface area contributed by atoms with E-state index in [9.17, 15) is 27.6 Å². The predicted octanol–water partition coefficient (Wildman–Crippen LogP) is 5.03. The Morgan fingerprint density at radius 1 is 1.05 bits per heavy atom. The normalized spacial score (nSPS) is 12.5. The number of amides is 2. The molecule has 1 atom stereocenters. The van der Waals surface area contributed by atoms with Crippen molar-refractivity contribution < 1.29 is 41.8 Å². The number of benzene rings is 2. The zero-order chi connectivity index (χ0) is 29.2. The summed E-state index contributed by atoms with van der Waals surface area (Å²) in [5.74, 6) is -0.434. The fourth-order valence-corrected chi connectivity index (χ4v) is 3.49. The van der Waals surface area contributed by atoms with Gasteiger partial charge in [-0.1, -0.05) is 0 Å². The first-order valence-corrected chi connectivity index (χ1v) is 13.0. The molecule has 0 saturated carbocycles. The van der Waals surface area contributed by atoms with Crippen molar-refractivity contribution in [1.82, 2.24) is 10.7 Å². The third kappa shape index (κ3) is 10.5. The average molecular weight is 570 g/mol. The Morgan fingerprint density at radius 2 is 1.72 bits per heavy atom. The number of carbonyl (C=O) groups excluding carboxylic acids is 3. The molecule has 0 aliphatic heterocycles. The highest BCUT2D eigenvalue weighted by atomic mass is 32.2. The van der Waals surface area contributed by atoms with Crippen molar-refractivity contribution in [2.75, 3.05) is 19.1 Å². The molecule has 1 unspecified atom stereocenters. The van der Waals surface area contributed by atoms with Gasteiger partial charge in [0.2, 0.25) is 0 Å². The van der Waals surface area contributed by atoms with Crippen molar-refractivity contribution >= 4 is 35.9 Å². The van der Waals surface area contributed by atoms with E-state index >= 15 is 0 Å². The van der Waals surface area contributed by atoms with Crippen LogP contribution >= 0.6 is 11.8 Å². The van der Waals surface area contributed by atoms with Crippen LogP contribution in [-0.2, 0) is 15.7 Å². The van der Waals surface area contributed by atoms with Gasteiger partial charge < -0.3 is 19.5 Å². The minimum atomic E-state index is -4.52. The Balaban J connectivity index is 2.05. The first-order chi connectivity index (χ1) is 18.2. The zero-order valence-electron chi connectivity index (χ0n) is 22.0. The molecule has 0 spiro atoms. The number of ether oxygens (including phenoxy) is 3. The fraction of sp³-hybridized carbons (Fsp3) is 0.385. The predicted molar refractivity (Wildman–Crippen MR) is 141 cm³/mol. The van der Waals surface area contributed by atoms with Crippen LogP contribution < -0.4 is 20.2 Å². The monoisotopic (exact) mass is 569 g/mol. The minimum Gasteiger partial charge on any atom is -0.493 e. The lowest BCUT2D eigenvalue weighted by molar-refractivity contribution is -0.137. The summed E-state index contributed by atoms with van der Waals surface area (Å²) in [6, 6.07) is 7.26. The number of rotatable bonds is 10. The van der Waals surface area contributed by atoms with Crippen LogP contribution in [-0.4, -0.2) is 54.9 Å². The number of methoxy groups -OCH3 is 1. The van der Waals surface area contributed by atoms with Gasteiger partial charge >= 0.3 is 12.3 Å². The highest BCUT2D eigenvalue weighted by molar-refractivity contribution is 7.98. The van der Waals surface area contributed by atoms with Crippen molar-refractivity contribution in [3.63, 3.8) is 0 Å². The average Bonchev–Trinajstić information content (AvgIpc) is 2.85. The molecule has 2 rings (SSSR count). The summed E-state index contributed by atoms with van der Waals surface area (Å²) < 4.78 is 53.9. The molecule has 2 aromatic carbocycles. The molecule has 0 aromatic heterocycles. The lowest BCUT2D eigenvalue weighted by atomic mass is 10.1. The molecule has 2 N–H and O–H groups in total. The molecule has 39 heavy (non-hydrogen) atoms. The van der Waals surface area contributed by atoms with Gasteiger partial charge in [-0.3, -0.25) is 9.59 Å². The van der Waals surface area contributed by atoms with E-state index in [0.29, 0.717) is 11.3 Å². The number of thioether (sulfide) groups is 1. The molecule has 0 fully saturated rings. The van der Waals surface area contributed by atoms with E-state index < -0.39 is 41.4 Å². The van der Waals surface area contributed by atoms with Crippen LogP contribution in [0.5, 0.6) is 11.5 Å². The van der Waals surface area contributed by atoms with Crippen molar-refractivity contribution in [2.24, 2.45) is 5.10 Å². The molecule has 0 radical (unpaired) electrons. The van der Waals surface area contributed by atoms with Gasteiger partial charge in [-0.05, 0) is 87.2 Å². The molecule has 0 heterocycles. The summed E-state index contributed by atoms with van der Waals surface area (Å²) >= 11 is 1.45. The summed E-state index contributed by atoms with van der Waals surface area (Å²) in [6.45, 7) is 5.10. The number of halogens is 3. The lowest BCUT2D eigenvalue weighted by Gasteiger charge is -2.19. The summed E-state index contributed by atoms with van der Waals surface area (Å²) in [6.07, 6.45) is -2.01. The van der Waals surface area contributed by atoms with E-state index in [0.717, 1.165) is 24.3 Å². The second-order valence-electron chi connectivity index (χ2n) is 9.09. The van der Waals surface area contributed by atoms with Crippen molar-refractivity contribution in [1.29, 1.82) is 0 Å². The van der Waals surface area contributed by atoms with E-state index in [-0.39, 0.29) is 23.5 Å². The Kier molecular flexibility index (Phi) is 11.2. The summed E-state index contributed by atoms with van der Waals surface area (Å²) in [4.78, 5) is 37.2. The molecule has 212 valence electrons. The molecule has 0 bridgehead atoms. The van der Waals surface area contributed by atoms with Crippen molar-refractivity contribution in [2.45, 2.75) is 45.0 Å². The van der Waals surface area contributed by atoms with Crippen LogP contribution in [0.1, 0.15) is 48.7 Å². The third-order valence-electron chi connectivity index (χ3n) is 4.87. The van der Waals surface area contributed by atoms with E-state index in [1.807, 2.05) is 6.26 Å². The first kappa shape index (κ1) is 31.5. The van der Waals surface area contributed by atoms with Crippen LogP contribution in [0.4, 0.5) is 18.0 Å². The van der Waals surface area contributed by atoms with Crippen LogP contribution in [0, 0.1) is 0 Å². The van der Waals surface area contributed by atoms with Gasteiger partial charge in [-0.25, -0.2) is 10.2 Å². The molecule has 2 aromatic rings. The second kappa shape index (κ2) is 13.9. The standard InChI is InChI=1S/C26H30F3N3O6S/c1-25(2,3)38-24(35)37-20-11-6-16(14-21(20)36-4)15-30-32-23(34)19(12-13-39-5)31-22(33)17-7-9-18(10-8-17)26(27,28)29/h6-11,14-15,19H,12-13H2,1-5H3,(H,31,33)(H,32,34)/b30-15+. The number of nitrogens with one attached hydrogen (secondary N) is 2. The number of nitrogens with zero attached hydrogens (tertiary/aromatic N) is 1. The maximum absolute atomic E-state index is 12.8. The Morgan fingerprint density at radius 3 is 2.28 bits per heavy atom. The number of alkyl halides is 3. The van der Waals surface area contributed by atoms with Gasteiger partial charge in [0.25, 0.3) is 11.8 Å². The molecule has 2 amide bonds. The molecular weight excluding hydrogens is 539 g/mol. The summed E-state index contributed by atoms with van der Waals surface area (Å²) in [7, 11) is 1.38. The molecule has 9 nitrogen and oxygen atoms in total. The van der Waals surface area contributed by atoms with Crippen LogP contribution in [0.3, 0.4) is 0 Å². The SMILES string of the molecule is COc1cc(/C=N/NC(=O)C(CCSC)NC(=O)c2ccc(C(F)(F)F)cc2)ccc1OC(=O)OC(C)(C)C. The lowest BCUT2D eigenvalue weighted by Crippen LogP contribution is -2.45. The topological polar surface area (TPSA) is 115 Å². The molecule has 0 saturated heterocycles. The highest BCUT2D eigenvalue weighted by Crippen LogP contribution is 2.29. The molecule has 0 aliphatic rings. The van der Waals surface area contributed by atoms with Gasteiger partial charge in [0.1, 0.15) is 11.6 Å². The zero-order valence-corrected chi connectivity index (χ0v) is 22.9. The fourth-order valence-electron chi connectivity index (χ4n) is 3.01. The molecular formula is C26H30F3N3O6S. The van der Waals surface area contributed by atoms with E-state index in [4.69, 9.17) is 14.2 Å². The first-order valence-electron chi connectivity index (χ1n) is 11.6. The van der Waals surface area contributed by atoms with E-state index in [2.05, 4.69) is 15.8 Å². The third-order valence-corrected chi connectivity index (χ3v) is 5.51. The molecule has 0 aliphatic carbocycles. The van der Waals surface area contributed by atoms with E-state index in [1.165, 1.54) is 37.2 Å². The Labute approximate surface area is 228 Å². The largest absolute Gasteiger partial charge is 0.514 e. The number of hydrazone groups is 1. The van der Waals surface area contributed by atoms with Gasteiger partial charge in [0.05, 0.1) is 18.9 Å². The van der Waals surface area contributed by atoms with Crippen molar-refractivity contribution in [3.8, 4) is 11.5 Å². The van der Waals surface area contributed by atoms with Crippen LogP contribution in [0.25, 0.3) is 0 Å². The van der Waals surface area contributed by atoms with Crippen molar-refractivity contribution in [3.05, 3.63) is 59.2 Å². The second-order valence-corrected chi connectivity index (χ2v) is 10.1. The van der Waals surface area contributed by atoms with Gasteiger partial charge in [-0.15, -0.1) is 0 Å². The van der Waals surface area contributed by atoms with Crippen LogP contribution in [0.15, 0.2) is 47.6 Å². The van der Waals surface area contributed by atoms with Crippen LogP contribution in [0.2, 0.25) is 0 Å². The van der Waals surface area contributed by atoms with E-state index in [1.54, 1.807) is 26.8 Å². The summed E-state index contributed by atoms with van der Waals surface area (Å²) in [5.41, 5.74) is 1.21. The Bertz CT molecular complexity index is 1180. The smallest absolute Gasteiger partial charge is 0.493 e. The maximum atomic E-state index is 12.8. The summed E-state index contributed by atoms with van der Waals surface area (Å²) in [5, 5.41) is 6.44. The van der Waals surface area contributed by atoms with Gasteiger partial charge in [0.15, 0.2) is 11.5 Å². The maximum Gasteiger partial charge on any atom is 0.514 e. The van der Waals surface area contributed by atoms with Gasteiger partial charge in [0, 0.05) is 5.56 Å². The Hall–Kier alpha value is -3.74. The minimum absolute atomic E-state index is 0.0192. The van der Waals surface area contributed by atoms with Gasteiger partial charge in [-0.2, -0.15) is 30.0 Å². The molecule has 13 heteroatoms. The quantitative estimate of drug-likeness (QED) is 0.179.